The average molecular weight is 463 g/mol. The maximum Gasteiger partial charge on any atom is 0.335 e. The molecule has 0 N–H and O–H groups in total. The molecule has 182 valence electrons. The van der Waals surface area contributed by atoms with Crippen LogP contribution in [0.4, 0.5) is 0 Å². The number of hydrogen-bond acceptors (Lipinski definition) is 4. The fourth-order valence-electron chi connectivity index (χ4n) is 6.03. The molecule has 2 aromatic carbocycles. The van der Waals surface area contributed by atoms with Crippen molar-refractivity contribution < 1.29 is 19.1 Å². The smallest absolute Gasteiger partial charge is 0.335 e. The van der Waals surface area contributed by atoms with Crippen molar-refractivity contribution in [2.24, 2.45) is 23.7 Å². The minimum absolute atomic E-state index is 0.0332. The summed E-state index contributed by atoms with van der Waals surface area (Å²) in [6, 6.07) is 10.9. The normalized spacial score (nSPS) is 25.0. The van der Waals surface area contributed by atoms with Crippen LogP contribution in [0.3, 0.4) is 0 Å². The lowest BCUT2D eigenvalue weighted by Crippen LogP contribution is -2.30. The first-order valence-corrected chi connectivity index (χ1v) is 13.2. The van der Waals surface area contributed by atoms with Gasteiger partial charge >= 0.3 is 11.9 Å². The zero-order valence-corrected chi connectivity index (χ0v) is 20.5. The Labute approximate surface area is 203 Å². The largest absolute Gasteiger partial charge is 0.426 e. The molecule has 2 fully saturated rings. The Morgan fingerprint density at radius 3 is 1.97 bits per heavy atom. The van der Waals surface area contributed by atoms with E-state index in [2.05, 4.69) is 13.5 Å². The quantitative estimate of drug-likeness (QED) is 0.230. The summed E-state index contributed by atoms with van der Waals surface area (Å²) in [6.07, 6.45) is 14.9. The summed E-state index contributed by atoms with van der Waals surface area (Å²) < 4.78 is 11.2. The SMILES string of the molecule is C=CC(=O)Oc1ccc(OC(=O)C2CCC(C3CCC(CCCC)CC3)CC2)c2ccccc12. The van der Waals surface area contributed by atoms with Crippen molar-refractivity contribution in [3.05, 3.63) is 49.1 Å². The molecule has 34 heavy (non-hydrogen) atoms. The number of hydrogen-bond donors (Lipinski definition) is 0. The van der Waals surface area contributed by atoms with Gasteiger partial charge < -0.3 is 9.47 Å². The molecule has 0 aromatic heterocycles. The molecule has 0 radical (unpaired) electrons. The number of fused-ring (bicyclic) bond motifs is 1. The predicted octanol–water partition coefficient (Wildman–Crippen LogP) is 7.64. The van der Waals surface area contributed by atoms with Crippen molar-refractivity contribution in [2.45, 2.75) is 77.6 Å². The Morgan fingerprint density at radius 1 is 0.853 bits per heavy atom. The molecular formula is C30H38O4. The monoisotopic (exact) mass is 462 g/mol. The van der Waals surface area contributed by atoms with Gasteiger partial charge in [0.05, 0.1) is 5.92 Å². The summed E-state index contributed by atoms with van der Waals surface area (Å²) in [4.78, 5) is 24.7. The Bertz CT molecular complexity index is 994. The molecule has 4 rings (SSSR count). The molecular weight excluding hydrogens is 424 g/mol. The highest BCUT2D eigenvalue weighted by atomic mass is 16.5. The first kappa shape index (κ1) is 24.5. The number of unbranched alkanes of at least 4 members (excludes halogenated alkanes) is 1. The second-order valence-electron chi connectivity index (χ2n) is 10.2. The van der Waals surface area contributed by atoms with Gasteiger partial charge in [-0.2, -0.15) is 0 Å². The van der Waals surface area contributed by atoms with Crippen LogP contribution in [0, 0.1) is 23.7 Å². The van der Waals surface area contributed by atoms with Crippen LogP contribution >= 0.6 is 0 Å². The fraction of sp³-hybridized carbons (Fsp3) is 0.533. The lowest BCUT2D eigenvalue weighted by atomic mass is 9.68. The van der Waals surface area contributed by atoms with Crippen molar-refractivity contribution in [2.75, 3.05) is 0 Å². The van der Waals surface area contributed by atoms with Crippen LogP contribution in [0.1, 0.15) is 77.6 Å². The van der Waals surface area contributed by atoms with Crippen molar-refractivity contribution in [3.63, 3.8) is 0 Å². The molecule has 0 bridgehead atoms. The number of carbonyl (C=O) groups is 2. The molecule has 0 saturated heterocycles. The number of ether oxygens (including phenoxy) is 2. The van der Waals surface area contributed by atoms with Crippen molar-refractivity contribution >= 4 is 22.7 Å². The third-order valence-corrected chi connectivity index (χ3v) is 8.06. The Balaban J connectivity index is 1.33. The minimum atomic E-state index is -0.513. The van der Waals surface area contributed by atoms with E-state index in [1.807, 2.05) is 24.3 Å². The lowest BCUT2D eigenvalue weighted by molar-refractivity contribution is -0.140. The first-order chi connectivity index (χ1) is 16.6. The van der Waals surface area contributed by atoms with Gasteiger partial charge in [0.25, 0.3) is 0 Å². The van der Waals surface area contributed by atoms with Gasteiger partial charge in [-0.15, -0.1) is 0 Å². The molecule has 0 aliphatic heterocycles. The predicted molar refractivity (Wildman–Crippen MR) is 136 cm³/mol. The van der Waals surface area contributed by atoms with Crippen LogP contribution in [-0.4, -0.2) is 11.9 Å². The summed E-state index contributed by atoms with van der Waals surface area (Å²) in [5.74, 6) is 2.85. The Hall–Kier alpha value is -2.62. The maximum absolute atomic E-state index is 13.0. The topological polar surface area (TPSA) is 52.6 Å². The summed E-state index contributed by atoms with van der Waals surface area (Å²) in [5.41, 5.74) is 0. The molecule has 2 aliphatic rings. The van der Waals surface area contributed by atoms with E-state index in [-0.39, 0.29) is 11.9 Å². The van der Waals surface area contributed by atoms with E-state index in [1.165, 1.54) is 44.9 Å². The maximum atomic E-state index is 13.0. The average Bonchev–Trinajstić information content (AvgIpc) is 2.89. The summed E-state index contributed by atoms with van der Waals surface area (Å²) in [7, 11) is 0. The molecule has 4 nitrogen and oxygen atoms in total. The Kier molecular flexibility index (Phi) is 8.42. The van der Waals surface area contributed by atoms with Crippen molar-refractivity contribution in [1.29, 1.82) is 0 Å². The van der Waals surface area contributed by atoms with Crippen LogP contribution in [-0.2, 0) is 9.59 Å². The van der Waals surface area contributed by atoms with E-state index in [9.17, 15) is 9.59 Å². The number of benzene rings is 2. The highest BCUT2D eigenvalue weighted by molar-refractivity contribution is 5.97. The van der Waals surface area contributed by atoms with Gasteiger partial charge in [0.1, 0.15) is 11.5 Å². The van der Waals surface area contributed by atoms with Gasteiger partial charge in [0.15, 0.2) is 0 Å². The zero-order chi connectivity index (χ0) is 23.9. The van der Waals surface area contributed by atoms with Gasteiger partial charge in [-0.25, -0.2) is 4.79 Å². The number of esters is 2. The standard InChI is InChI=1S/C30H38O4/c1-3-5-8-21-11-13-22(14-12-21)23-15-17-24(18-16-23)30(32)34-28-20-19-27(33-29(31)4-2)25-9-6-7-10-26(25)28/h4,6-7,9-10,19-24H,2-3,5,8,11-18H2,1H3. The molecule has 0 atom stereocenters. The first-order valence-electron chi connectivity index (χ1n) is 13.2. The van der Waals surface area contributed by atoms with E-state index >= 15 is 0 Å². The highest BCUT2D eigenvalue weighted by Gasteiger charge is 2.33. The number of carbonyl (C=O) groups excluding carboxylic acids is 2. The van der Waals surface area contributed by atoms with Crippen LogP contribution < -0.4 is 9.47 Å². The highest BCUT2D eigenvalue weighted by Crippen LogP contribution is 2.43. The zero-order valence-electron chi connectivity index (χ0n) is 20.5. The molecule has 0 spiro atoms. The molecule has 0 heterocycles. The van der Waals surface area contributed by atoms with Gasteiger partial charge in [0, 0.05) is 16.8 Å². The summed E-state index contributed by atoms with van der Waals surface area (Å²) in [6.45, 7) is 5.74. The van der Waals surface area contributed by atoms with Crippen LogP contribution in [0.25, 0.3) is 10.8 Å². The minimum Gasteiger partial charge on any atom is -0.426 e. The van der Waals surface area contributed by atoms with Gasteiger partial charge in [0.2, 0.25) is 0 Å². The van der Waals surface area contributed by atoms with Crippen molar-refractivity contribution in [3.8, 4) is 11.5 Å². The van der Waals surface area contributed by atoms with Crippen LogP contribution in [0.15, 0.2) is 49.1 Å². The third kappa shape index (κ3) is 5.89. The van der Waals surface area contributed by atoms with E-state index < -0.39 is 5.97 Å². The molecule has 4 heteroatoms. The second-order valence-corrected chi connectivity index (χ2v) is 10.2. The molecule has 2 saturated carbocycles. The summed E-state index contributed by atoms with van der Waals surface area (Å²) in [5, 5.41) is 1.50. The van der Waals surface area contributed by atoms with E-state index in [0.29, 0.717) is 11.5 Å². The lowest BCUT2D eigenvalue weighted by Gasteiger charge is -2.37. The van der Waals surface area contributed by atoms with E-state index in [4.69, 9.17) is 9.47 Å². The molecule has 0 amide bonds. The van der Waals surface area contributed by atoms with E-state index in [0.717, 1.165) is 60.3 Å². The van der Waals surface area contributed by atoms with Gasteiger partial charge in [-0.05, 0) is 68.4 Å². The van der Waals surface area contributed by atoms with Gasteiger partial charge in [-0.1, -0.05) is 69.9 Å². The van der Waals surface area contributed by atoms with Crippen molar-refractivity contribution in [1.82, 2.24) is 0 Å². The fourth-order valence-corrected chi connectivity index (χ4v) is 6.03. The molecule has 0 unspecified atom stereocenters. The van der Waals surface area contributed by atoms with E-state index in [1.54, 1.807) is 12.1 Å². The van der Waals surface area contributed by atoms with Crippen LogP contribution in [0.2, 0.25) is 0 Å². The second kappa shape index (κ2) is 11.7. The number of rotatable bonds is 8. The summed E-state index contributed by atoms with van der Waals surface area (Å²) >= 11 is 0. The van der Waals surface area contributed by atoms with Gasteiger partial charge in [-0.3, -0.25) is 4.79 Å². The molecule has 2 aliphatic carbocycles. The molecule has 2 aromatic rings. The van der Waals surface area contributed by atoms with Crippen LogP contribution in [0.5, 0.6) is 11.5 Å². The third-order valence-electron chi connectivity index (χ3n) is 8.06. The Morgan fingerprint density at radius 2 is 1.41 bits per heavy atom.